The van der Waals surface area contributed by atoms with Gasteiger partial charge in [0.2, 0.25) is 0 Å². The molecule has 2 amide bonds. The highest BCUT2D eigenvalue weighted by atomic mass is 35.5. The number of benzene rings is 2. The van der Waals surface area contributed by atoms with Crippen LogP contribution in [0.1, 0.15) is 41.6 Å². The van der Waals surface area contributed by atoms with Gasteiger partial charge in [0.25, 0.3) is 0 Å². The molecule has 0 bridgehead atoms. The van der Waals surface area contributed by atoms with Crippen LogP contribution < -0.4 is 10.6 Å². The lowest BCUT2D eigenvalue weighted by Gasteiger charge is -2.42. The maximum atomic E-state index is 13.1. The summed E-state index contributed by atoms with van der Waals surface area (Å²) in [5, 5.41) is 9.78. The monoisotopic (exact) mass is 463 g/mol. The van der Waals surface area contributed by atoms with E-state index in [9.17, 15) is 9.59 Å². The first kappa shape index (κ1) is 23.4. The van der Waals surface area contributed by atoms with Crippen molar-refractivity contribution in [2.24, 2.45) is 5.73 Å². The topological polar surface area (TPSA) is 86.9 Å². The van der Waals surface area contributed by atoms with Gasteiger partial charge in [-0.15, -0.1) is 12.4 Å². The van der Waals surface area contributed by atoms with Crippen LogP contribution in [0.25, 0.3) is 0 Å². The molecule has 1 aliphatic heterocycles. The average Bonchev–Trinajstić information content (AvgIpc) is 3.15. The van der Waals surface area contributed by atoms with E-state index in [1.165, 1.54) is 17.7 Å². The molecule has 4 rings (SSSR count). The molecular formula is C23H27Cl2N3O3. The molecule has 1 heterocycles. The van der Waals surface area contributed by atoms with Gasteiger partial charge in [-0.05, 0) is 67.6 Å². The number of carbonyl (C=O) groups is 2. The van der Waals surface area contributed by atoms with Crippen molar-refractivity contribution in [1.82, 2.24) is 4.90 Å². The second kappa shape index (κ2) is 9.47. The number of carboxylic acids is 1. The van der Waals surface area contributed by atoms with E-state index in [2.05, 4.69) is 6.07 Å². The van der Waals surface area contributed by atoms with Gasteiger partial charge < -0.3 is 15.7 Å². The summed E-state index contributed by atoms with van der Waals surface area (Å²) >= 11 is 6.20. The van der Waals surface area contributed by atoms with Crippen molar-refractivity contribution in [3.63, 3.8) is 0 Å². The maximum Gasteiger partial charge on any atom is 0.335 e. The normalized spacial score (nSPS) is 23.5. The summed E-state index contributed by atoms with van der Waals surface area (Å²) in [6.07, 6.45) is 3.65. The molecule has 2 aliphatic rings. The minimum Gasteiger partial charge on any atom is -0.478 e. The summed E-state index contributed by atoms with van der Waals surface area (Å²) in [5.74, 6) is -0.971. The van der Waals surface area contributed by atoms with E-state index < -0.39 is 5.97 Å². The van der Waals surface area contributed by atoms with Gasteiger partial charge in [0.15, 0.2) is 0 Å². The molecular weight excluding hydrogens is 437 g/mol. The van der Waals surface area contributed by atoms with Crippen LogP contribution in [0.15, 0.2) is 48.5 Å². The Hall–Kier alpha value is -2.28. The van der Waals surface area contributed by atoms with Gasteiger partial charge in [0.1, 0.15) is 0 Å². The quantitative estimate of drug-likeness (QED) is 0.680. The molecule has 0 aromatic heterocycles. The SMILES string of the molecule is Cl.NCC1(c2cccc(Cl)c2)CCC(N2CCN(c3ccc(C(=O)O)cc3)C2=O)CC1. The number of urea groups is 1. The predicted octanol–water partition coefficient (Wildman–Crippen LogP) is 4.54. The number of hydrogen-bond acceptors (Lipinski definition) is 3. The lowest BCUT2D eigenvalue weighted by atomic mass is 9.68. The fourth-order valence-electron chi connectivity index (χ4n) is 4.81. The first-order valence-electron chi connectivity index (χ1n) is 10.3. The minimum atomic E-state index is -0.971. The standard InChI is InChI=1S/C23H26ClN3O3.ClH/c24-18-3-1-2-17(14-18)23(15-25)10-8-20(9-11-23)27-13-12-26(22(27)30)19-6-4-16(5-7-19)21(28)29;/h1-7,14,20H,8-13,15,25H2,(H,28,29);1H. The second-order valence-corrected chi connectivity index (χ2v) is 8.64. The van der Waals surface area contributed by atoms with Gasteiger partial charge in [-0.3, -0.25) is 4.90 Å². The first-order valence-corrected chi connectivity index (χ1v) is 10.7. The molecule has 0 spiro atoms. The molecule has 0 atom stereocenters. The molecule has 8 heteroatoms. The van der Waals surface area contributed by atoms with Gasteiger partial charge in [0.05, 0.1) is 5.56 Å². The Labute approximate surface area is 193 Å². The lowest BCUT2D eigenvalue weighted by Crippen LogP contribution is -2.46. The van der Waals surface area contributed by atoms with E-state index in [-0.39, 0.29) is 35.5 Å². The number of nitrogens with two attached hydrogens (primary N) is 1. The van der Waals surface area contributed by atoms with Crippen LogP contribution in [-0.2, 0) is 5.41 Å². The first-order chi connectivity index (χ1) is 14.4. The number of nitrogens with zero attached hydrogens (tertiary/aromatic N) is 2. The zero-order chi connectivity index (χ0) is 21.3. The highest BCUT2D eigenvalue weighted by Crippen LogP contribution is 2.41. The molecule has 2 fully saturated rings. The number of carboxylic acid groups (broad SMARTS) is 1. The summed E-state index contributed by atoms with van der Waals surface area (Å²) in [6.45, 7) is 1.85. The van der Waals surface area contributed by atoms with Crippen LogP contribution in [0, 0.1) is 0 Å². The van der Waals surface area contributed by atoms with Crippen molar-refractivity contribution in [1.29, 1.82) is 0 Å². The summed E-state index contributed by atoms with van der Waals surface area (Å²) in [5.41, 5.74) is 8.25. The van der Waals surface area contributed by atoms with Crippen molar-refractivity contribution in [2.45, 2.75) is 37.1 Å². The second-order valence-electron chi connectivity index (χ2n) is 8.21. The molecule has 1 saturated heterocycles. The number of rotatable bonds is 5. The van der Waals surface area contributed by atoms with Crippen molar-refractivity contribution >= 4 is 41.7 Å². The van der Waals surface area contributed by atoms with Gasteiger partial charge in [-0.1, -0.05) is 23.7 Å². The van der Waals surface area contributed by atoms with Gasteiger partial charge in [0, 0.05) is 41.8 Å². The molecule has 166 valence electrons. The van der Waals surface area contributed by atoms with Gasteiger partial charge in [-0.25, -0.2) is 9.59 Å². The Balaban J connectivity index is 0.00000272. The third-order valence-electron chi connectivity index (χ3n) is 6.65. The molecule has 1 aliphatic carbocycles. The fraction of sp³-hybridized carbons (Fsp3) is 0.391. The van der Waals surface area contributed by atoms with Crippen LogP contribution >= 0.6 is 24.0 Å². The van der Waals surface area contributed by atoms with E-state index in [0.717, 1.165) is 36.4 Å². The van der Waals surface area contributed by atoms with E-state index >= 15 is 0 Å². The number of amides is 2. The number of carbonyl (C=O) groups excluding carboxylic acids is 1. The molecule has 0 unspecified atom stereocenters. The Bertz CT molecular complexity index is 943. The van der Waals surface area contributed by atoms with Crippen molar-refractivity contribution in [3.05, 3.63) is 64.7 Å². The highest BCUT2D eigenvalue weighted by molar-refractivity contribution is 6.30. The average molecular weight is 464 g/mol. The molecule has 0 radical (unpaired) electrons. The molecule has 2 aromatic rings. The molecule has 2 aromatic carbocycles. The van der Waals surface area contributed by atoms with E-state index in [1.807, 2.05) is 23.1 Å². The number of halogens is 2. The third-order valence-corrected chi connectivity index (χ3v) is 6.88. The van der Waals surface area contributed by atoms with E-state index in [4.69, 9.17) is 22.4 Å². The van der Waals surface area contributed by atoms with E-state index in [1.54, 1.807) is 17.0 Å². The minimum absolute atomic E-state index is 0. The van der Waals surface area contributed by atoms with Crippen molar-refractivity contribution in [3.8, 4) is 0 Å². The van der Waals surface area contributed by atoms with Crippen LogP contribution in [-0.4, -0.2) is 47.7 Å². The van der Waals surface area contributed by atoms with Gasteiger partial charge >= 0.3 is 12.0 Å². The Morgan fingerprint density at radius 2 is 1.81 bits per heavy atom. The molecule has 3 N–H and O–H groups in total. The summed E-state index contributed by atoms with van der Waals surface area (Å²) in [6, 6.07) is 14.6. The Morgan fingerprint density at radius 1 is 1.13 bits per heavy atom. The highest BCUT2D eigenvalue weighted by Gasteiger charge is 2.41. The van der Waals surface area contributed by atoms with Crippen LogP contribution in [0.2, 0.25) is 5.02 Å². The van der Waals surface area contributed by atoms with Gasteiger partial charge in [-0.2, -0.15) is 0 Å². The lowest BCUT2D eigenvalue weighted by molar-refractivity contribution is 0.0697. The Morgan fingerprint density at radius 3 is 2.39 bits per heavy atom. The predicted molar refractivity (Wildman–Crippen MR) is 125 cm³/mol. The summed E-state index contributed by atoms with van der Waals surface area (Å²) in [7, 11) is 0. The molecule has 6 nitrogen and oxygen atoms in total. The zero-order valence-corrected chi connectivity index (χ0v) is 18.7. The number of aromatic carboxylic acids is 1. The summed E-state index contributed by atoms with van der Waals surface area (Å²) < 4.78 is 0. The van der Waals surface area contributed by atoms with Crippen molar-refractivity contribution in [2.75, 3.05) is 24.5 Å². The summed E-state index contributed by atoms with van der Waals surface area (Å²) in [4.78, 5) is 27.8. The maximum absolute atomic E-state index is 13.1. The van der Waals surface area contributed by atoms with Crippen LogP contribution in [0.4, 0.5) is 10.5 Å². The smallest absolute Gasteiger partial charge is 0.335 e. The molecule has 1 saturated carbocycles. The number of anilines is 1. The van der Waals surface area contributed by atoms with Crippen molar-refractivity contribution < 1.29 is 14.7 Å². The van der Waals surface area contributed by atoms with Crippen LogP contribution in [0.3, 0.4) is 0 Å². The van der Waals surface area contributed by atoms with Crippen LogP contribution in [0.5, 0.6) is 0 Å². The number of hydrogen-bond donors (Lipinski definition) is 2. The fourth-order valence-corrected chi connectivity index (χ4v) is 5.00. The Kier molecular flexibility index (Phi) is 7.14. The largest absolute Gasteiger partial charge is 0.478 e. The molecule has 31 heavy (non-hydrogen) atoms. The zero-order valence-electron chi connectivity index (χ0n) is 17.2. The van der Waals surface area contributed by atoms with E-state index in [0.29, 0.717) is 19.6 Å². The third kappa shape index (κ3) is 4.52.